The van der Waals surface area contributed by atoms with E-state index in [1.54, 1.807) is 0 Å². The van der Waals surface area contributed by atoms with Crippen molar-refractivity contribution in [1.29, 1.82) is 0 Å². The largest absolute Gasteiger partial charge is 0.504 e. The van der Waals surface area contributed by atoms with Crippen LogP contribution in [0.15, 0.2) is 24.8 Å². The van der Waals surface area contributed by atoms with E-state index in [4.69, 9.17) is 9.07 Å². The van der Waals surface area contributed by atoms with Crippen LogP contribution in [-0.4, -0.2) is 19.3 Å². The second kappa shape index (κ2) is 14.6. The molecular formula is C15H27ClMg. The van der Waals surface area contributed by atoms with Gasteiger partial charge in [-0.05, 0) is 12.8 Å². The summed E-state index contributed by atoms with van der Waals surface area (Å²) in [5.74, 6) is 0. The molecule has 0 aliphatic heterocycles. The molecule has 0 aromatic rings. The third kappa shape index (κ3) is 12.8. The lowest BCUT2D eigenvalue weighted by molar-refractivity contribution is 0.565. The van der Waals surface area contributed by atoms with Crippen LogP contribution in [0.4, 0.5) is 0 Å². The minimum Gasteiger partial charge on any atom is -0.346 e. The Balaban J connectivity index is 3.36. The zero-order valence-electron chi connectivity index (χ0n) is 11.5. The van der Waals surface area contributed by atoms with E-state index in [2.05, 4.69) is 19.6 Å². The molecule has 0 bridgehead atoms. The van der Waals surface area contributed by atoms with Gasteiger partial charge in [-0.15, -0.1) is 4.05 Å². The van der Waals surface area contributed by atoms with Crippen molar-refractivity contribution in [1.82, 2.24) is 0 Å². The van der Waals surface area contributed by atoms with Gasteiger partial charge in [0.2, 0.25) is 0 Å². The molecule has 0 amide bonds. The van der Waals surface area contributed by atoms with Crippen molar-refractivity contribution < 1.29 is 0 Å². The third-order valence-electron chi connectivity index (χ3n) is 3.19. The Kier molecular flexibility index (Phi) is 15.1. The minimum atomic E-state index is -0.303. The van der Waals surface area contributed by atoms with E-state index in [-0.39, 0.29) is 19.3 Å². The van der Waals surface area contributed by atoms with Crippen LogP contribution in [0, 0.1) is 0 Å². The zero-order valence-corrected chi connectivity index (χ0v) is 13.6. The lowest BCUT2D eigenvalue weighted by Crippen LogP contribution is -1.98. The Morgan fingerprint density at radius 3 is 2.41 bits per heavy atom. The predicted molar refractivity (Wildman–Crippen MR) is 81.9 cm³/mol. The molecule has 2 heteroatoms. The number of unbranched alkanes of at least 4 members (excludes halogenated alkanes) is 5. The smallest absolute Gasteiger partial charge is 0.346 e. The molecule has 0 aliphatic carbocycles. The Labute approximate surface area is 121 Å². The highest BCUT2D eigenvalue weighted by Gasteiger charge is 2.09. The average Bonchev–Trinajstić information content (AvgIpc) is 2.35. The summed E-state index contributed by atoms with van der Waals surface area (Å²) >= 11 is -0.303. The van der Waals surface area contributed by atoms with Gasteiger partial charge in [0, 0.05) is 0 Å². The van der Waals surface area contributed by atoms with Crippen molar-refractivity contribution in [3.8, 4) is 0 Å². The summed E-state index contributed by atoms with van der Waals surface area (Å²) in [5.41, 5.74) is 0. The summed E-state index contributed by atoms with van der Waals surface area (Å²) in [6.45, 7) is 5.94. The molecular weight excluding hydrogens is 240 g/mol. The fourth-order valence-electron chi connectivity index (χ4n) is 2.05. The van der Waals surface area contributed by atoms with Crippen molar-refractivity contribution >= 4 is 28.3 Å². The number of allylic oxidation sites excluding steroid dienone is 3. The molecule has 0 heterocycles. The van der Waals surface area contributed by atoms with Gasteiger partial charge in [0.1, 0.15) is 0 Å². The van der Waals surface area contributed by atoms with E-state index in [9.17, 15) is 0 Å². The lowest BCUT2D eigenvalue weighted by Gasteiger charge is -2.12. The first kappa shape index (κ1) is 17.5. The van der Waals surface area contributed by atoms with Crippen molar-refractivity contribution in [3.63, 3.8) is 0 Å². The van der Waals surface area contributed by atoms with Crippen LogP contribution in [0.5, 0.6) is 0 Å². The first-order chi connectivity index (χ1) is 8.35. The van der Waals surface area contributed by atoms with Crippen molar-refractivity contribution in [3.05, 3.63) is 24.8 Å². The maximum atomic E-state index is 6.14. The lowest BCUT2D eigenvalue weighted by atomic mass is 10.1. The fourth-order valence-corrected chi connectivity index (χ4v) is 3.86. The SMILES string of the molecule is C=CC=CCCCCC[CH](CCCCC)[Mg][Cl]. The van der Waals surface area contributed by atoms with Gasteiger partial charge in [-0.2, -0.15) is 0 Å². The molecule has 0 fully saturated rings. The predicted octanol–water partition coefficient (Wildman–Crippen LogP) is 5.91. The second-order valence-corrected chi connectivity index (χ2v) is 7.21. The summed E-state index contributed by atoms with van der Waals surface area (Å²) < 4.78 is 0.895. The van der Waals surface area contributed by atoms with Gasteiger partial charge in [-0.1, -0.05) is 76.7 Å². The van der Waals surface area contributed by atoms with Gasteiger partial charge in [-0.3, -0.25) is 0 Å². The van der Waals surface area contributed by atoms with Gasteiger partial charge in [-0.25, -0.2) is 0 Å². The molecule has 1 atom stereocenters. The van der Waals surface area contributed by atoms with Crippen molar-refractivity contribution in [2.75, 3.05) is 0 Å². The van der Waals surface area contributed by atoms with Crippen LogP contribution < -0.4 is 0 Å². The molecule has 0 rings (SSSR count). The van der Waals surface area contributed by atoms with Crippen LogP contribution in [-0.2, 0) is 0 Å². The van der Waals surface area contributed by atoms with Crippen LogP contribution in [0.3, 0.4) is 0 Å². The van der Waals surface area contributed by atoms with Crippen molar-refractivity contribution in [2.24, 2.45) is 0 Å². The van der Waals surface area contributed by atoms with E-state index in [1.165, 1.54) is 57.8 Å². The number of hydrogen-bond donors (Lipinski definition) is 0. The quantitative estimate of drug-likeness (QED) is 0.234. The van der Waals surface area contributed by atoms with Crippen LogP contribution in [0.1, 0.15) is 64.7 Å². The van der Waals surface area contributed by atoms with Gasteiger partial charge in [0.15, 0.2) is 0 Å². The third-order valence-corrected chi connectivity index (χ3v) is 5.75. The molecule has 17 heavy (non-hydrogen) atoms. The highest BCUT2D eigenvalue weighted by molar-refractivity contribution is 6.94. The van der Waals surface area contributed by atoms with Crippen LogP contribution >= 0.6 is 9.07 Å². The first-order valence-corrected chi connectivity index (χ1v) is 10.1. The first-order valence-electron chi connectivity index (χ1n) is 7.18. The Hall–Kier alpha value is 0.536. The maximum Gasteiger partial charge on any atom is 0.504 e. The Bertz CT molecular complexity index is 189. The Morgan fingerprint density at radius 1 is 1.12 bits per heavy atom. The monoisotopic (exact) mass is 266 g/mol. The molecule has 0 aliphatic rings. The molecule has 0 aromatic carbocycles. The molecule has 0 saturated heterocycles. The fraction of sp³-hybridized carbons (Fsp3) is 0.733. The maximum absolute atomic E-state index is 6.14. The van der Waals surface area contributed by atoms with E-state index < -0.39 is 0 Å². The molecule has 0 nitrogen and oxygen atoms in total. The van der Waals surface area contributed by atoms with E-state index in [0.29, 0.717) is 0 Å². The Morgan fingerprint density at radius 2 is 1.82 bits per heavy atom. The molecule has 0 N–H and O–H groups in total. The summed E-state index contributed by atoms with van der Waals surface area (Å²) in [5, 5.41) is 0. The van der Waals surface area contributed by atoms with Crippen LogP contribution in [0.2, 0.25) is 4.05 Å². The normalized spacial score (nSPS) is 12.6. The topological polar surface area (TPSA) is 0 Å². The van der Waals surface area contributed by atoms with Crippen LogP contribution in [0.25, 0.3) is 0 Å². The summed E-state index contributed by atoms with van der Waals surface area (Å²) in [6, 6.07) is 0. The van der Waals surface area contributed by atoms with E-state index in [1.807, 2.05) is 12.2 Å². The summed E-state index contributed by atoms with van der Waals surface area (Å²) in [6.07, 6.45) is 18.2. The zero-order chi connectivity index (χ0) is 12.8. The van der Waals surface area contributed by atoms with Gasteiger partial charge in [0.05, 0.1) is 0 Å². The molecule has 1 unspecified atom stereocenters. The second-order valence-electron chi connectivity index (χ2n) is 4.82. The highest BCUT2D eigenvalue weighted by atomic mass is 35.5. The standard InChI is InChI=1S/C15H27.ClH.Mg/c1-3-5-7-9-11-13-15-14-12-10-8-6-4-2;;/h3,5,7,12H,1,4,6,8-11,13-15H2,2H3;1H;/q;;+1/p-1. The molecule has 96 valence electrons. The molecule has 0 saturated carbocycles. The number of rotatable bonds is 12. The molecule has 0 radical (unpaired) electrons. The minimum absolute atomic E-state index is 0.303. The van der Waals surface area contributed by atoms with E-state index >= 15 is 0 Å². The van der Waals surface area contributed by atoms with E-state index in [0.717, 1.165) is 4.05 Å². The molecule has 0 aromatic heterocycles. The average molecular weight is 267 g/mol. The van der Waals surface area contributed by atoms with Gasteiger partial charge >= 0.3 is 19.3 Å². The number of halogens is 1. The summed E-state index contributed by atoms with van der Waals surface area (Å²) in [7, 11) is 6.14. The van der Waals surface area contributed by atoms with Gasteiger partial charge < -0.3 is 9.07 Å². The van der Waals surface area contributed by atoms with Gasteiger partial charge in [0.25, 0.3) is 0 Å². The van der Waals surface area contributed by atoms with Crippen molar-refractivity contribution in [2.45, 2.75) is 68.8 Å². The highest BCUT2D eigenvalue weighted by Crippen LogP contribution is 2.23. The number of hydrogen-bond acceptors (Lipinski definition) is 0. The molecule has 0 spiro atoms. The summed E-state index contributed by atoms with van der Waals surface area (Å²) in [4.78, 5) is 0.